The molecule has 2 fully saturated rings. The molecule has 3 aromatic rings. The maximum absolute atomic E-state index is 14.5. The molecule has 1 saturated heterocycles. The van der Waals surface area contributed by atoms with Crippen molar-refractivity contribution in [1.29, 1.82) is 0 Å². The number of rotatable bonds is 7. The van der Waals surface area contributed by atoms with Crippen molar-refractivity contribution < 1.29 is 31.9 Å². The minimum absolute atomic E-state index is 0.00733. The summed E-state index contributed by atoms with van der Waals surface area (Å²) in [6, 6.07) is 11.3. The molecule has 40 heavy (non-hydrogen) atoms. The van der Waals surface area contributed by atoms with Crippen molar-refractivity contribution in [2.24, 2.45) is 0 Å². The number of nitrogens with zero attached hydrogens (tertiary/aromatic N) is 3. The van der Waals surface area contributed by atoms with Gasteiger partial charge in [-0.2, -0.15) is 4.39 Å². The normalized spacial score (nSPS) is 19.2. The summed E-state index contributed by atoms with van der Waals surface area (Å²) < 4.78 is 55.5. The van der Waals surface area contributed by atoms with E-state index in [1.54, 1.807) is 12.1 Å². The van der Waals surface area contributed by atoms with Crippen LogP contribution in [0.5, 0.6) is 0 Å². The molecule has 0 radical (unpaired) electrons. The first-order valence-electron chi connectivity index (χ1n) is 12.5. The van der Waals surface area contributed by atoms with E-state index in [0.717, 1.165) is 28.0 Å². The van der Waals surface area contributed by atoms with E-state index in [9.17, 15) is 31.9 Å². The molecule has 0 bridgehead atoms. The molecule has 3 amide bonds. The van der Waals surface area contributed by atoms with Crippen LogP contribution in [0.2, 0.25) is 5.02 Å². The standard InChI is InChI=1S/C28H23ClF4N4O3/c29-20-8-2-1-7-19(20)25(26(39)34-17-14-28(32,33)15-17)36(18-6-3-5-16(30)13-18)27(40)21-11-12-24(38)37(21)23-10-4-9-22(31)35-23/h1-10,13,17,21,25H,11-12,14-15H2,(H,34,39). The maximum atomic E-state index is 14.5. The SMILES string of the molecule is O=C(NC1CC(F)(F)C1)C(c1ccccc1Cl)N(C(=O)C1CCC(=O)N1c1cccc(F)n1)c1cccc(F)c1. The van der Waals surface area contributed by atoms with Crippen LogP contribution in [0.4, 0.5) is 29.1 Å². The molecule has 2 aromatic carbocycles. The topological polar surface area (TPSA) is 82.6 Å². The highest BCUT2D eigenvalue weighted by Crippen LogP contribution is 2.39. The average Bonchev–Trinajstić information content (AvgIpc) is 3.27. The van der Waals surface area contributed by atoms with Crippen molar-refractivity contribution in [3.05, 3.63) is 89.1 Å². The highest BCUT2D eigenvalue weighted by Gasteiger charge is 2.48. The molecular weight excluding hydrogens is 552 g/mol. The van der Waals surface area contributed by atoms with Crippen LogP contribution in [-0.2, 0) is 14.4 Å². The van der Waals surface area contributed by atoms with Crippen molar-refractivity contribution in [1.82, 2.24) is 10.3 Å². The lowest BCUT2D eigenvalue weighted by atomic mass is 9.87. The van der Waals surface area contributed by atoms with Gasteiger partial charge in [0.2, 0.25) is 17.8 Å². The molecule has 2 aliphatic rings. The number of anilines is 2. The van der Waals surface area contributed by atoms with Crippen molar-refractivity contribution in [3.63, 3.8) is 0 Å². The molecule has 1 aliphatic carbocycles. The number of hydrogen-bond acceptors (Lipinski definition) is 4. The Morgan fingerprint density at radius 2 is 1.77 bits per heavy atom. The molecule has 7 nitrogen and oxygen atoms in total. The Kier molecular flexibility index (Phi) is 7.50. The summed E-state index contributed by atoms with van der Waals surface area (Å²) in [6.45, 7) is 0. The molecule has 1 aliphatic heterocycles. The van der Waals surface area contributed by atoms with Gasteiger partial charge in [-0.25, -0.2) is 18.2 Å². The lowest BCUT2D eigenvalue weighted by Gasteiger charge is -2.39. The Morgan fingerprint density at radius 3 is 2.45 bits per heavy atom. The van der Waals surface area contributed by atoms with E-state index in [4.69, 9.17) is 11.6 Å². The van der Waals surface area contributed by atoms with Crippen LogP contribution in [0.15, 0.2) is 66.7 Å². The second-order valence-electron chi connectivity index (χ2n) is 9.72. The third-order valence-electron chi connectivity index (χ3n) is 6.91. The molecule has 0 spiro atoms. The van der Waals surface area contributed by atoms with Gasteiger partial charge in [-0.15, -0.1) is 0 Å². The van der Waals surface area contributed by atoms with Gasteiger partial charge in [-0.1, -0.05) is 41.9 Å². The molecule has 208 valence electrons. The van der Waals surface area contributed by atoms with Gasteiger partial charge in [0.05, 0.1) is 0 Å². The molecule has 12 heteroatoms. The molecule has 1 N–H and O–H groups in total. The summed E-state index contributed by atoms with van der Waals surface area (Å²) >= 11 is 6.46. The van der Waals surface area contributed by atoms with E-state index in [2.05, 4.69) is 10.3 Å². The number of halogens is 5. The van der Waals surface area contributed by atoms with Crippen molar-refractivity contribution in [3.8, 4) is 0 Å². The quantitative estimate of drug-likeness (QED) is 0.311. The Labute approximate surface area is 231 Å². The summed E-state index contributed by atoms with van der Waals surface area (Å²) in [4.78, 5) is 46.7. The molecule has 2 atom stereocenters. The average molecular weight is 575 g/mol. The van der Waals surface area contributed by atoms with Crippen LogP contribution in [0.25, 0.3) is 0 Å². The van der Waals surface area contributed by atoms with Gasteiger partial charge >= 0.3 is 0 Å². The van der Waals surface area contributed by atoms with Crippen LogP contribution in [0.1, 0.15) is 37.3 Å². The first kappa shape index (κ1) is 27.6. The number of nitrogens with one attached hydrogen (secondary N) is 1. The zero-order valence-corrected chi connectivity index (χ0v) is 21.6. The number of aromatic nitrogens is 1. The zero-order chi connectivity index (χ0) is 28.6. The summed E-state index contributed by atoms with van der Waals surface area (Å²) in [7, 11) is 0. The number of alkyl halides is 2. The fraction of sp³-hybridized carbons (Fsp3) is 0.286. The molecule has 2 unspecified atom stereocenters. The Bertz CT molecular complexity index is 1460. The fourth-order valence-electron chi connectivity index (χ4n) is 5.06. The van der Waals surface area contributed by atoms with Gasteiger partial charge in [0.1, 0.15) is 23.7 Å². The number of amides is 3. The minimum Gasteiger partial charge on any atom is -0.351 e. The summed E-state index contributed by atoms with van der Waals surface area (Å²) in [5.41, 5.74) is 0.126. The number of hydrogen-bond donors (Lipinski definition) is 1. The first-order valence-corrected chi connectivity index (χ1v) is 12.9. The molecule has 1 aromatic heterocycles. The predicted molar refractivity (Wildman–Crippen MR) is 139 cm³/mol. The Morgan fingerprint density at radius 1 is 1.05 bits per heavy atom. The van der Waals surface area contributed by atoms with Crippen molar-refractivity contribution in [2.75, 3.05) is 9.80 Å². The molecular formula is C28H23ClF4N4O3. The van der Waals surface area contributed by atoms with E-state index >= 15 is 0 Å². The van der Waals surface area contributed by atoms with E-state index in [-0.39, 0.29) is 34.9 Å². The number of benzene rings is 2. The van der Waals surface area contributed by atoms with Crippen LogP contribution >= 0.6 is 11.6 Å². The largest absolute Gasteiger partial charge is 0.351 e. The van der Waals surface area contributed by atoms with Gasteiger partial charge in [0.15, 0.2) is 0 Å². The third-order valence-corrected chi connectivity index (χ3v) is 7.26. The summed E-state index contributed by atoms with van der Waals surface area (Å²) in [6.07, 6.45) is -1.20. The lowest BCUT2D eigenvalue weighted by Crippen LogP contribution is -2.56. The van der Waals surface area contributed by atoms with Gasteiger partial charge in [-0.05, 0) is 42.8 Å². The van der Waals surface area contributed by atoms with Gasteiger partial charge < -0.3 is 5.32 Å². The Hall–Kier alpha value is -3.99. The highest BCUT2D eigenvalue weighted by atomic mass is 35.5. The second-order valence-corrected chi connectivity index (χ2v) is 10.1. The van der Waals surface area contributed by atoms with E-state index in [1.165, 1.54) is 36.4 Å². The number of carbonyl (C=O) groups is 3. The van der Waals surface area contributed by atoms with Crippen LogP contribution in [0, 0.1) is 11.8 Å². The van der Waals surface area contributed by atoms with E-state index < -0.39 is 66.4 Å². The van der Waals surface area contributed by atoms with Crippen molar-refractivity contribution in [2.45, 2.75) is 49.7 Å². The third kappa shape index (κ3) is 5.51. The van der Waals surface area contributed by atoms with Gasteiger partial charge in [-0.3, -0.25) is 24.2 Å². The Balaban J connectivity index is 1.60. The monoisotopic (exact) mass is 574 g/mol. The first-order chi connectivity index (χ1) is 19.0. The van der Waals surface area contributed by atoms with Gasteiger partial charge in [0, 0.05) is 41.6 Å². The summed E-state index contributed by atoms with van der Waals surface area (Å²) in [5.74, 6) is -6.69. The highest BCUT2D eigenvalue weighted by molar-refractivity contribution is 6.31. The summed E-state index contributed by atoms with van der Waals surface area (Å²) in [5, 5.41) is 2.66. The predicted octanol–water partition coefficient (Wildman–Crippen LogP) is 5.20. The van der Waals surface area contributed by atoms with E-state index in [0.29, 0.717) is 0 Å². The van der Waals surface area contributed by atoms with Crippen LogP contribution in [0.3, 0.4) is 0 Å². The lowest BCUT2D eigenvalue weighted by molar-refractivity contribution is -0.133. The minimum atomic E-state index is -2.92. The smallest absolute Gasteiger partial charge is 0.252 e. The van der Waals surface area contributed by atoms with E-state index in [1.807, 2.05) is 0 Å². The van der Waals surface area contributed by atoms with Gasteiger partial charge in [0.25, 0.3) is 11.8 Å². The fourth-order valence-corrected chi connectivity index (χ4v) is 5.30. The molecule has 2 heterocycles. The molecule has 1 saturated carbocycles. The van der Waals surface area contributed by atoms with Crippen LogP contribution in [-0.4, -0.2) is 40.7 Å². The second kappa shape index (κ2) is 10.9. The zero-order valence-electron chi connectivity index (χ0n) is 20.9. The maximum Gasteiger partial charge on any atom is 0.252 e. The number of carbonyl (C=O) groups excluding carboxylic acids is 3. The van der Waals surface area contributed by atoms with Crippen LogP contribution < -0.4 is 15.1 Å². The van der Waals surface area contributed by atoms with Crippen molar-refractivity contribution >= 4 is 40.8 Å². The molecule has 5 rings (SSSR count). The number of pyridine rings is 1.